The zero-order chi connectivity index (χ0) is 33.3. The highest BCUT2D eigenvalue weighted by Gasteiger charge is 2.62. The van der Waals surface area contributed by atoms with Crippen LogP contribution in [0.15, 0.2) is 0 Å². The summed E-state index contributed by atoms with van der Waals surface area (Å²) in [7, 11) is 0. The van der Waals surface area contributed by atoms with Gasteiger partial charge in [-0.25, -0.2) is 0 Å². The molecule has 4 bridgehead atoms. The molecule has 18 heteroatoms. The number of aliphatic hydroxyl groups is 4. The van der Waals surface area contributed by atoms with Crippen molar-refractivity contribution in [1.29, 1.82) is 0 Å². The van der Waals surface area contributed by atoms with Crippen molar-refractivity contribution in [2.75, 3.05) is 84.5 Å². The van der Waals surface area contributed by atoms with Gasteiger partial charge in [0.2, 0.25) is 17.5 Å². The Hall–Kier alpha value is -1.52. The summed E-state index contributed by atoms with van der Waals surface area (Å²) < 4.78 is 29.2. The van der Waals surface area contributed by atoms with Crippen LogP contribution in [0.3, 0.4) is 0 Å². The number of amides is 1. The molecule has 7 N–H and O–H groups in total. The number of esters is 1. The SMILES string of the molecule is CC(=O)CSC(CC(=O)OC[C@@]12OC[C@@H](O1)[C@@H](N1CCNCC1)[C@@H](O)[C@H]2O)C(=O)NC[C@@]12OC[C@@H](O1)[C@@H](N1CCNCC1)[C@@H](O)[C@H]2O. The molecule has 0 aromatic carbocycles. The minimum atomic E-state index is -1.75. The van der Waals surface area contributed by atoms with E-state index in [2.05, 4.69) is 20.9 Å². The number of fused-ring (bicyclic) bond motifs is 4. The summed E-state index contributed by atoms with van der Waals surface area (Å²) in [6.07, 6.45) is -6.79. The van der Waals surface area contributed by atoms with Crippen LogP contribution in [0.2, 0.25) is 0 Å². The first-order valence-electron chi connectivity index (χ1n) is 16.3. The smallest absolute Gasteiger partial charge is 0.307 e. The van der Waals surface area contributed by atoms with Crippen LogP contribution in [0.5, 0.6) is 0 Å². The summed E-state index contributed by atoms with van der Waals surface area (Å²) >= 11 is 0.951. The Morgan fingerprint density at radius 2 is 1.38 bits per heavy atom. The van der Waals surface area contributed by atoms with Crippen molar-refractivity contribution in [2.45, 2.75) is 78.9 Å². The molecule has 0 saturated carbocycles. The van der Waals surface area contributed by atoms with Gasteiger partial charge >= 0.3 is 5.97 Å². The molecule has 0 spiro atoms. The molecule has 6 aliphatic heterocycles. The molecule has 11 atom stereocenters. The maximum atomic E-state index is 13.4. The molecule has 266 valence electrons. The summed E-state index contributed by atoms with van der Waals surface area (Å²) in [5.41, 5.74) is 0. The number of hydrogen-bond donors (Lipinski definition) is 7. The monoisotopic (exact) mass is 689 g/mol. The zero-order valence-corrected chi connectivity index (χ0v) is 27.3. The molecule has 6 aliphatic rings. The number of nitrogens with zero attached hydrogens (tertiary/aromatic N) is 2. The molecule has 6 rings (SSSR count). The fourth-order valence-electron chi connectivity index (χ4n) is 7.46. The Balaban J connectivity index is 1.04. The molecule has 1 amide bonds. The first-order chi connectivity index (χ1) is 22.5. The molecule has 17 nitrogen and oxygen atoms in total. The maximum Gasteiger partial charge on any atom is 0.307 e. The van der Waals surface area contributed by atoms with E-state index in [1.54, 1.807) is 0 Å². The lowest BCUT2D eigenvalue weighted by Crippen LogP contribution is -2.69. The Kier molecular flexibility index (Phi) is 11.1. The zero-order valence-electron chi connectivity index (χ0n) is 26.5. The second kappa shape index (κ2) is 14.8. The van der Waals surface area contributed by atoms with Gasteiger partial charge in [0.25, 0.3) is 0 Å². The fourth-order valence-corrected chi connectivity index (χ4v) is 8.38. The van der Waals surface area contributed by atoms with Gasteiger partial charge in [-0.3, -0.25) is 24.2 Å². The summed E-state index contributed by atoms with van der Waals surface area (Å²) in [6.45, 7) is 6.47. The average Bonchev–Trinajstić information content (AvgIpc) is 3.66. The number of nitrogens with one attached hydrogen (secondary N) is 3. The number of aliphatic hydroxyl groups excluding tert-OH is 4. The lowest BCUT2D eigenvalue weighted by Gasteiger charge is -2.47. The fraction of sp³-hybridized carbons (Fsp3) is 0.897. The summed E-state index contributed by atoms with van der Waals surface area (Å²) in [4.78, 5) is 42.3. The highest BCUT2D eigenvalue weighted by atomic mass is 32.2. The van der Waals surface area contributed by atoms with Gasteiger partial charge in [0, 0.05) is 52.4 Å². The molecular formula is C29H47N5O12S. The molecule has 47 heavy (non-hydrogen) atoms. The van der Waals surface area contributed by atoms with Crippen molar-refractivity contribution in [1.82, 2.24) is 25.8 Å². The van der Waals surface area contributed by atoms with Crippen molar-refractivity contribution in [2.24, 2.45) is 0 Å². The first-order valence-corrected chi connectivity index (χ1v) is 17.4. The Morgan fingerprint density at radius 3 is 1.94 bits per heavy atom. The lowest BCUT2D eigenvalue weighted by molar-refractivity contribution is -0.300. The van der Waals surface area contributed by atoms with E-state index in [0.29, 0.717) is 26.2 Å². The van der Waals surface area contributed by atoms with Crippen LogP contribution in [0.25, 0.3) is 0 Å². The van der Waals surface area contributed by atoms with E-state index in [1.165, 1.54) is 6.92 Å². The van der Waals surface area contributed by atoms with Gasteiger partial charge in [-0.05, 0) is 6.92 Å². The number of thioether (sulfide) groups is 1. The van der Waals surface area contributed by atoms with Crippen LogP contribution < -0.4 is 16.0 Å². The first kappa shape index (κ1) is 35.3. The minimum absolute atomic E-state index is 0.0462. The van der Waals surface area contributed by atoms with E-state index in [1.807, 2.05) is 4.90 Å². The second-order valence-electron chi connectivity index (χ2n) is 13.1. The number of carbonyl (C=O) groups excluding carboxylic acids is 3. The predicted octanol–water partition coefficient (Wildman–Crippen LogP) is -5.03. The van der Waals surface area contributed by atoms with Crippen LogP contribution in [0.1, 0.15) is 13.3 Å². The second-order valence-corrected chi connectivity index (χ2v) is 14.3. The van der Waals surface area contributed by atoms with Crippen molar-refractivity contribution >= 4 is 29.4 Å². The van der Waals surface area contributed by atoms with Crippen molar-refractivity contribution in [3.05, 3.63) is 0 Å². The van der Waals surface area contributed by atoms with E-state index in [4.69, 9.17) is 23.7 Å². The van der Waals surface area contributed by atoms with Gasteiger partial charge in [-0.2, -0.15) is 0 Å². The third-order valence-electron chi connectivity index (χ3n) is 9.92. The standard InChI is InChI=1S/C29H47N5O12S/c1-16(35)13-47-19(27(41)32-14-28-25(39)23(37)21(17(45-28)11-43-28)33-6-2-30-3-7-33)10-20(36)42-15-29-26(40)24(38)22(18(46-29)12-44-29)34-8-4-31-5-9-34/h17-19,21-26,30-31,37-40H,2-15H2,1H3,(H,32,41)/t17-,18-,19?,21-,22-,23-,24-,25-,26-,28-,29-/m1/s1. The molecule has 1 unspecified atom stereocenters. The minimum Gasteiger partial charge on any atom is -0.460 e. The van der Waals surface area contributed by atoms with E-state index in [-0.39, 0.29) is 31.3 Å². The topological polar surface area (TPSA) is 221 Å². The third-order valence-corrected chi connectivity index (χ3v) is 11.3. The Morgan fingerprint density at radius 1 is 0.872 bits per heavy atom. The highest BCUT2D eigenvalue weighted by Crippen LogP contribution is 2.40. The van der Waals surface area contributed by atoms with Crippen LogP contribution >= 0.6 is 11.8 Å². The van der Waals surface area contributed by atoms with Crippen LogP contribution in [0, 0.1) is 0 Å². The molecule has 6 saturated heterocycles. The van der Waals surface area contributed by atoms with Gasteiger partial charge < -0.3 is 60.1 Å². The van der Waals surface area contributed by atoms with Crippen molar-refractivity contribution in [3.8, 4) is 0 Å². The number of carbonyl (C=O) groups is 3. The molecule has 0 radical (unpaired) electrons. The summed E-state index contributed by atoms with van der Waals surface area (Å²) in [5, 5.41) is 52.3. The molecule has 0 aromatic heterocycles. The van der Waals surface area contributed by atoms with Crippen LogP contribution in [-0.4, -0.2) is 198 Å². The largest absolute Gasteiger partial charge is 0.460 e. The summed E-state index contributed by atoms with van der Waals surface area (Å²) in [5.74, 6) is -5.10. The molecule has 6 heterocycles. The number of hydrogen-bond acceptors (Lipinski definition) is 17. The highest BCUT2D eigenvalue weighted by molar-refractivity contribution is 8.01. The molecular weight excluding hydrogens is 642 g/mol. The van der Waals surface area contributed by atoms with E-state index in [9.17, 15) is 34.8 Å². The number of ketones is 1. The normalized spacial score (nSPS) is 41.4. The number of rotatable bonds is 12. The van der Waals surface area contributed by atoms with E-state index < -0.39 is 90.4 Å². The number of Topliss-reactive ketones (excluding diaryl/α,β-unsaturated/α-hetero) is 1. The average molecular weight is 690 g/mol. The van der Waals surface area contributed by atoms with Crippen molar-refractivity contribution < 1.29 is 58.5 Å². The molecule has 6 fully saturated rings. The van der Waals surface area contributed by atoms with Crippen molar-refractivity contribution in [3.63, 3.8) is 0 Å². The van der Waals surface area contributed by atoms with Gasteiger partial charge in [-0.15, -0.1) is 11.8 Å². The van der Waals surface area contributed by atoms with E-state index in [0.717, 1.165) is 37.9 Å². The molecule has 0 aliphatic carbocycles. The Bertz CT molecular complexity index is 1150. The number of ether oxygens (including phenoxy) is 5. The summed E-state index contributed by atoms with van der Waals surface area (Å²) in [6, 6.07) is -0.944. The number of piperazine rings is 2. The van der Waals surface area contributed by atoms with Gasteiger partial charge in [0.05, 0.1) is 49.3 Å². The Labute approximate surface area is 276 Å². The molecule has 0 aromatic rings. The quantitative estimate of drug-likeness (QED) is 0.0954. The van der Waals surface area contributed by atoms with Gasteiger partial charge in [0.1, 0.15) is 49.0 Å². The van der Waals surface area contributed by atoms with E-state index >= 15 is 0 Å². The predicted molar refractivity (Wildman–Crippen MR) is 163 cm³/mol. The van der Waals surface area contributed by atoms with Crippen LogP contribution in [0.4, 0.5) is 0 Å². The van der Waals surface area contributed by atoms with Crippen LogP contribution in [-0.2, 0) is 38.1 Å². The lowest BCUT2D eigenvalue weighted by atomic mass is 9.91. The van der Waals surface area contributed by atoms with Gasteiger partial charge in [-0.1, -0.05) is 0 Å². The maximum absolute atomic E-state index is 13.4. The third kappa shape index (κ3) is 7.21. The van der Waals surface area contributed by atoms with Gasteiger partial charge in [0.15, 0.2) is 0 Å².